The molecule has 0 unspecified atom stereocenters. The predicted molar refractivity (Wildman–Crippen MR) is 70.0 cm³/mol. The summed E-state index contributed by atoms with van der Waals surface area (Å²) in [5.41, 5.74) is 1.64. The fourth-order valence-electron chi connectivity index (χ4n) is 1.48. The van der Waals surface area contributed by atoms with Crippen LogP contribution in [0.1, 0.15) is 17.3 Å². The van der Waals surface area contributed by atoms with Crippen LogP contribution in [-0.4, -0.2) is 31.0 Å². The van der Waals surface area contributed by atoms with Crippen molar-refractivity contribution < 1.29 is 9.53 Å². The Morgan fingerprint density at radius 2 is 2.35 bits per heavy atom. The zero-order valence-electron chi connectivity index (χ0n) is 9.82. The normalized spacial score (nSPS) is 10.7. The van der Waals surface area contributed by atoms with Gasteiger partial charge in [0.05, 0.1) is 16.8 Å². The maximum atomic E-state index is 11.3. The van der Waals surface area contributed by atoms with E-state index < -0.39 is 0 Å². The summed E-state index contributed by atoms with van der Waals surface area (Å²) in [7, 11) is 1.67. The predicted octanol–water partition coefficient (Wildman–Crippen LogP) is 2.56. The van der Waals surface area contributed by atoms with E-state index in [-0.39, 0.29) is 5.78 Å². The number of aromatic nitrogens is 1. The van der Waals surface area contributed by atoms with Gasteiger partial charge in [0.15, 0.2) is 10.9 Å². The van der Waals surface area contributed by atoms with E-state index in [4.69, 9.17) is 4.74 Å². The number of benzene rings is 1. The van der Waals surface area contributed by atoms with Crippen molar-refractivity contribution in [1.29, 1.82) is 0 Å². The summed E-state index contributed by atoms with van der Waals surface area (Å²) in [6.45, 7) is 2.95. The summed E-state index contributed by atoms with van der Waals surface area (Å²) in [5.74, 6) is 0.0780. The van der Waals surface area contributed by atoms with Gasteiger partial charge in [-0.2, -0.15) is 0 Å². The first-order valence-electron chi connectivity index (χ1n) is 5.35. The highest BCUT2D eigenvalue weighted by Crippen LogP contribution is 2.26. The molecule has 2 aromatic rings. The highest BCUT2D eigenvalue weighted by Gasteiger charge is 2.06. The van der Waals surface area contributed by atoms with E-state index in [0.717, 1.165) is 27.5 Å². The number of fused-ring (bicyclic) bond motifs is 1. The lowest BCUT2D eigenvalue weighted by Crippen LogP contribution is -2.06. The van der Waals surface area contributed by atoms with Crippen molar-refractivity contribution in [2.45, 2.75) is 6.92 Å². The Balaban J connectivity index is 2.21. The van der Waals surface area contributed by atoms with Gasteiger partial charge in [0, 0.05) is 19.2 Å². The number of carbonyl (C=O) groups is 1. The van der Waals surface area contributed by atoms with E-state index in [2.05, 4.69) is 10.3 Å². The Morgan fingerprint density at radius 3 is 3.06 bits per heavy atom. The van der Waals surface area contributed by atoms with Crippen molar-refractivity contribution in [3.63, 3.8) is 0 Å². The zero-order valence-corrected chi connectivity index (χ0v) is 10.6. The Morgan fingerprint density at radius 1 is 1.53 bits per heavy atom. The van der Waals surface area contributed by atoms with E-state index in [1.165, 1.54) is 0 Å². The third-order valence-corrected chi connectivity index (χ3v) is 3.35. The summed E-state index contributed by atoms with van der Waals surface area (Å²) in [6.07, 6.45) is 0. The number of methoxy groups -OCH3 is 1. The van der Waals surface area contributed by atoms with Crippen molar-refractivity contribution in [3.05, 3.63) is 23.8 Å². The average molecular weight is 250 g/mol. The Kier molecular flexibility index (Phi) is 3.71. The molecule has 1 aromatic carbocycles. The molecule has 0 aliphatic heterocycles. The standard InChI is InChI=1S/C12H14N2O2S/c1-8(15)9-3-4-10-11(7-9)17-12(14-10)13-5-6-16-2/h3-4,7H,5-6H2,1-2H3,(H,13,14). The monoisotopic (exact) mass is 250 g/mol. The fraction of sp³-hybridized carbons (Fsp3) is 0.333. The lowest BCUT2D eigenvalue weighted by Gasteiger charge is -1.99. The molecule has 0 aliphatic rings. The van der Waals surface area contributed by atoms with Crippen LogP contribution in [0.2, 0.25) is 0 Å². The molecular formula is C12H14N2O2S. The van der Waals surface area contributed by atoms with Crippen LogP contribution < -0.4 is 5.32 Å². The number of thiazole rings is 1. The van der Waals surface area contributed by atoms with Crippen molar-refractivity contribution in [1.82, 2.24) is 4.98 Å². The van der Waals surface area contributed by atoms with Crippen LogP contribution in [-0.2, 0) is 4.74 Å². The number of nitrogens with zero attached hydrogens (tertiary/aromatic N) is 1. The van der Waals surface area contributed by atoms with Crippen LogP contribution in [0.5, 0.6) is 0 Å². The molecule has 17 heavy (non-hydrogen) atoms. The Labute approximate surface area is 104 Å². The molecule has 0 bridgehead atoms. The highest BCUT2D eigenvalue weighted by molar-refractivity contribution is 7.22. The molecule has 0 aliphatic carbocycles. The summed E-state index contributed by atoms with van der Waals surface area (Å²) in [6, 6.07) is 5.57. The molecule has 0 radical (unpaired) electrons. The molecular weight excluding hydrogens is 236 g/mol. The molecule has 0 atom stereocenters. The SMILES string of the molecule is COCCNc1nc2ccc(C(C)=O)cc2s1. The third-order valence-electron chi connectivity index (χ3n) is 2.38. The van der Waals surface area contributed by atoms with Crippen molar-refractivity contribution >= 4 is 32.5 Å². The molecule has 0 fully saturated rings. The first-order valence-corrected chi connectivity index (χ1v) is 6.16. The molecule has 1 heterocycles. The van der Waals surface area contributed by atoms with E-state index >= 15 is 0 Å². The number of Topliss-reactive ketones (excluding diaryl/α,β-unsaturated/α-hetero) is 1. The summed E-state index contributed by atoms with van der Waals surface area (Å²) < 4.78 is 5.98. The number of hydrogen-bond donors (Lipinski definition) is 1. The van der Waals surface area contributed by atoms with Crippen molar-refractivity contribution in [2.75, 3.05) is 25.6 Å². The van der Waals surface area contributed by atoms with Crippen LogP contribution in [0.25, 0.3) is 10.2 Å². The minimum Gasteiger partial charge on any atom is -0.383 e. The molecule has 1 aromatic heterocycles. The number of anilines is 1. The van der Waals surface area contributed by atoms with E-state index in [0.29, 0.717) is 6.61 Å². The second kappa shape index (κ2) is 5.25. The van der Waals surface area contributed by atoms with E-state index in [9.17, 15) is 4.79 Å². The van der Waals surface area contributed by atoms with Crippen LogP contribution >= 0.6 is 11.3 Å². The summed E-state index contributed by atoms with van der Waals surface area (Å²) in [5, 5.41) is 4.04. The number of hydrogen-bond acceptors (Lipinski definition) is 5. The van der Waals surface area contributed by atoms with E-state index in [1.807, 2.05) is 18.2 Å². The molecule has 0 saturated carbocycles. The smallest absolute Gasteiger partial charge is 0.183 e. The van der Waals surface area contributed by atoms with Crippen molar-refractivity contribution in [2.24, 2.45) is 0 Å². The first kappa shape index (κ1) is 12.0. The Hall–Kier alpha value is -1.46. The van der Waals surface area contributed by atoms with Crippen LogP contribution in [0.3, 0.4) is 0 Å². The maximum absolute atomic E-state index is 11.3. The van der Waals surface area contributed by atoms with Crippen LogP contribution in [0.15, 0.2) is 18.2 Å². The molecule has 0 spiro atoms. The molecule has 0 saturated heterocycles. The quantitative estimate of drug-likeness (QED) is 0.654. The van der Waals surface area contributed by atoms with Gasteiger partial charge in [0.1, 0.15) is 0 Å². The van der Waals surface area contributed by atoms with Crippen molar-refractivity contribution in [3.8, 4) is 0 Å². The van der Waals surface area contributed by atoms with Gasteiger partial charge in [-0.15, -0.1) is 0 Å². The molecule has 0 amide bonds. The summed E-state index contributed by atoms with van der Waals surface area (Å²) in [4.78, 5) is 15.7. The largest absolute Gasteiger partial charge is 0.383 e. The molecule has 90 valence electrons. The molecule has 2 rings (SSSR count). The van der Waals surface area contributed by atoms with Gasteiger partial charge < -0.3 is 10.1 Å². The van der Waals surface area contributed by atoms with Gasteiger partial charge >= 0.3 is 0 Å². The minimum atomic E-state index is 0.0780. The van der Waals surface area contributed by atoms with Gasteiger partial charge in [0.25, 0.3) is 0 Å². The van der Waals surface area contributed by atoms with Gasteiger partial charge in [-0.05, 0) is 25.1 Å². The summed E-state index contributed by atoms with van der Waals surface area (Å²) >= 11 is 1.55. The number of ketones is 1. The molecule has 1 N–H and O–H groups in total. The van der Waals surface area contributed by atoms with Gasteiger partial charge in [-0.1, -0.05) is 11.3 Å². The first-order chi connectivity index (χ1) is 8.20. The lowest BCUT2D eigenvalue weighted by molar-refractivity contribution is 0.101. The zero-order chi connectivity index (χ0) is 12.3. The maximum Gasteiger partial charge on any atom is 0.183 e. The lowest BCUT2D eigenvalue weighted by atomic mass is 10.1. The van der Waals surface area contributed by atoms with Gasteiger partial charge in [-0.25, -0.2) is 4.98 Å². The second-order valence-corrected chi connectivity index (χ2v) is 4.71. The van der Waals surface area contributed by atoms with Crippen LogP contribution in [0.4, 0.5) is 5.13 Å². The highest BCUT2D eigenvalue weighted by atomic mass is 32.1. The minimum absolute atomic E-state index is 0.0780. The number of rotatable bonds is 5. The third kappa shape index (κ3) is 2.81. The second-order valence-electron chi connectivity index (χ2n) is 3.68. The van der Waals surface area contributed by atoms with Gasteiger partial charge in [-0.3, -0.25) is 4.79 Å². The fourth-order valence-corrected chi connectivity index (χ4v) is 2.41. The average Bonchev–Trinajstić information content (AvgIpc) is 2.70. The number of carbonyl (C=O) groups excluding carboxylic acids is 1. The number of nitrogens with one attached hydrogen (secondary N) is 1. The topological polar surface area (TPSA) is 51.2 Å². The number of ether oxygens (including phenoxy) is 1. The Bertz CT molecular complexity index is 536. The van der Waals surface area contributed by atoms with Crippen LogP contribution in [0, 0.1) is 0 Å². The molecule has 4 nitrogen and oxygen atoms in total. The van der Waals surface area contributed by atoms with Gasteiger partial charge in [0.2, 0.25) is 0 Å². The molecule has 5 heteroatoms. The van der Waals surface area contributed by atoms with E-state index in [1.54, 1.807) is 25.4 Å².